The fourth-order valence-corrected chi connectivity index (χ4v) is 2.15. The molecule has 1 amide bonds. The van der Waals surface area contributed by atoms with E-state index in [1.807, 2.05) is 6.92 Å². The summed E-state index contributed by atoms with van der Waals surface area (Å²) in [6, 6.07) is 5.23. The van der Waals surface area contributed by atoms with Gasteiger partial charge in [-0.1, -0.05) is 0 Å². The van der Waals surface area contributed by atoms with E-state index in [-0.39, 0.29) is 12.3 Å². The van der Waals surface area contributed by atoms with E-state index in [1.54, 1.807) is 25.3 Å². The van der Waals surface area contributed by atoms with Gasteiger partial charge in [0.15, 0.2) is 0 Å². The van der Waals surface area contributed by atoms with E-state index in [1.165, 1.54) is 7.11 Å². The molecule has 23 heavy (non-hydrogen) atoms. The van der Waals surface area contributed by atoms with E-state index >= 15 is 0 Å². The Morgan fingerprint density at radius 2 is 2.09 bits per heavy atom. The first-order chi connectivity index (χ1) is 11.1. The largest absolute Gasteiger partial charge is 0.497 e. The molecule has 1 atom stereocenters. The average molecular weight is 325 g/mol. The van der Waals surface area contributed by atoms with Gasteiger partial charge >= 0.3 is 0 Å². The maximum absolute atomic E-state index is 11.8. The van der Waals surface area contributed by atoms with Gasteiger partial charge in [-0.2, -0.15) is 0 Å². The topological polar surface area (TPSA) is 77.0 Å². The number of ether oxygens (including phenoxy) is 3. The van der Waals surface area contributed by atoms with Crippen molar-refractivity contribution in [2.24, 2.45) is 0 Å². The van der Waals surface area contributed by atoms with Gasteiger partial charge < -0.3 is 24.6 Å². The van der Waals surface area contributed by atoms with Crippen molar-refractivity contribution in [3.05, 3.63) is 23.8 Å². The lowest BCUT2D eigenvalue weighted by Gasteiger charge is -2.15. The van der Waals surface area contributed by atoms with Gasteiger partial charge in [0.1, 0.15) is 11.5 Å². The molecule has 0 aliphatic heterocycles. The van der Waals surface area contributed by atoms with Crippen molar-refractivity contribution in [1.29, 1.82) is 0 Å². The van der Waals surface area contributed by atoms with Gasteiger partial charge in [-0.3, -0.25) is 4.79 Å². The molecule has 1 unspecified atom stereocenters. The minimum atomic E-state index is -0.759. The van der Waals surface area contributed by atoms with Gasteiger partial charge in [0.2, 0.25) is 5.91 Å². The molecule has 0 spiro atoms. The molecule has 0 aliphatic rings. The molecule has 130 valence electrons. The summed E-state index contributed by atoms with van der Waals surface area (Å²) in [5, 5.41) is 13.1. The predicted octanol–water partition coefficient (Wildman–Crippen LogP) is 2.06. The van der Waals surface area contributed by atoms with Crippen LogP contribution in [0.25, 0.3) is 0 Å². The van der Waals surface area contributed by atoms with Gasteiger partial charge in [0.25, 0.3) is 0 Å². The molecule has 0 saturated heterocycles. The highest BCUT2D eigenvalue weighted by Crippen LogP contribution is 2.31. The molecule has 6 nitrogen and oxygen atoms in total. The molecule has 0 aliphatic carbocycles. The van der Waals surface area contributed by atoms with Crippen LogP contribution >= 0.6 is 0 Å². The number of aliphatic hydroxyl groups excluding tert-OH is 1. The fourth-order valence-electron chi connectivity index (χ4n) is 2.15. The van der Waals surface area contributed by atoms with Crippen molar-refractivity contribution in [1.82, 2.24) is 5.32 Å². The van der Waals surface area contributed by atoms with Crippen molar-refractivity contribution in [3.63, 3.8) is 0 Å². The van der Waals surface area contributed by atoms with Gasteiger partial charge in [-0.25, -0.2) is 0 Å². The number of methoxy groups -OCH3 is 2. The Labute approximate surface area is 137 Å². The van der Waals surface area contributed by atoms with Crippen molar-refractivity contribution in [2.45, 2.75) is 32.3 Å². The fraction of sp³-hybridized carbons (Fsp3) is 0.588. The predicted molar refractivity (Wildman–Crippen MR) is 87.9 cm³/mol. The van der Waals surface area contributed by atoms with E-state index < -0.39 is 6.10 Å². The van der Waals surface area contributed by atoms with Crippen LogP contribution in [0.2, 0.25) is 0 Å². The summed E-state index contributed by atoms with van der Waals surface area (Å²) in [6.07, 6.45) is 0.615. The number of aliphatic hydroxyl groups is 1. The Balaban J connectivity index is 2.41. The molecule has 1 aromatic rings. The second kappa shape index (κ2) is 10.9. The molecular weight excluding hydrogens is 298 g/mol. The van der Waals surface area contributed by atoms with Crippen LogP contribution in [0.4, 0.5) is 0 Å². The summed E-state index contributed by atoms with van der Waals surface area (Å²) in [7, 11) is 3.11. The quantitative estimate of drug-likeness (QED) is 0.609. The molecule has 0 radical (unpaired) electrons. The maximum atomic E-state index is 11.8. The van der Waals surface area contributed by atoms with Crippen LogP contribution < -0.4 is 14.8 Å². The number of nitrogens with one attached hydrogen (secondary N) is 1. The number of hydrogen-bond donors (Lipinski definition) is 2. The Bertz CT molecular complexity index is 478. The summed E-state index contributed by atoms with van der Waals surface area (Å²) < 4.78 is 15.6. The standard InChI is InChI=1S/C17H27NO5/c1-4-23-11-5-10-18-17(20)9-8-15(19)14-7-6-13(21-2)12-16(14)22-3/h6-7,12,15,19H,4-5,8-11H2,1-3H3,(H,18,20). The summed E-state index contributed by atoms with van der Waals surface area (Å²) in [6.45, 7) is 3.85. The smallest absolute Gasteiger partial charge is 0.220 e. The Morgan fingerprint density at radius 3 is 2.74 bits per heavy atom. The Kier molecular flexibility index (Phi) is 9.09. The lowest BCUT2D eigenvalue weighted by Crippen LogP contribution is -2.25. The highest BCUT2D eigenvalue weighted by Gasteiger charge is 2.15. The summed E-state index contributed by atoms with van der Waals surface area (Å²) in [5.74, 6) is 1.13. The van der Waals surface area contributed by atoms with Crippen molar-refractivity contribution >= 4 is 5.91 Å². The first-order valence-corrected chi connectivity index (χ1v) is 7.86. The molecule has 2 N–H and O–H groups in total. The molecule has 0 fully saturated rings. The second-order valence-corrected chi connectivity index (χ2v) is 5.06. The highest BCUT2D eigenvalue weighted by molar-refractivity contribution is 5.75. The van der Waals surface area contributed by atoms with Crippen LogP contribution in [-0.2, 0) is 9.53 Å². The molecule has 1 rings (SSSR count). The van der Waals surface area contributed by atoms with E-state index in [9.17, 15) is 9.90 Å². The number of rotatable bonds is 11. The van der Waals surface area contributed by atoms with Crippen molar-refractivity contribution in [3.8, 4) is 11.5 Å². The third kappa shape index (κ3) is 6.88. The summed E-state index contributed by atoms with van der Waals surface area (Å²) in [5.41, 5.74) is 0.650. The zero-order valence-electron chi connectivity index (χ0n) is 14.1. The zero-order valence-corrected chi connectivity index (χ0v) is 14.1. The number of amides is 1. The van der Waals surface area contributed by atoms with Gasteiger partial charge in [0.05, 0.1) is 20.3 Å². The molecule has 0 bridgehead atoms. The third-order valence-electron chi connectivity index (χ3n) is 3.44. The minimum absolute atomic E-state index is 0.0759. The van der Waals surface area contributed by atoms with Crippen LogP contribution in [0, 0.1) is 0 Å². The zero-order chi connectivity index (χ0) is 17.1. The van der Waals surface area contributed by atoms with Crippen LogP contribution in [0.5, 0.6) is 11.5 Å². The maximum Gasteiger partial charge on any atom is 0.220 e. The first kappa shape index (κ1) is 19.3. The van der Waals surface area contributed by atoms with Crippen molar-refractivity contribution in [2.75, 3.05) is 34.0 Å². The SMILES string of the molecule is CCOCCCNC(=O)CCC(O)c1ccc(OC)cc1OC. The monoisotopic (exact) mass is 325 g/mol. The molecular formula is C17H27NO5. The normalized spacial score (nSPS) is 11.8. The van der Waals surface area contributed by atoms with Gasteiger partial charge in [-0.15, -0.1) is 0 Å². The van der Waals surface area contributed by atoms with Crippen molar-refractivity contribution < 1.29 is 24.1 Å². The van der Waals surface area contributed by atoms with E-state index in [0.29, 0.717) is 43.2 Å². The van der Waals surface area contributed by atoms with E-state index in [2.05, 4.69) is 5.32 Å². The number of hydrogen-bond acceptors (Lipinski definition) is 5. The lowest BCUT2D eigenvalue weighted by atomic mass is 10.0. The van der Waals surface area contributed by atoms with Crippen LogP contribution in [0.1, 0.15) is 37.9 Å². The average Bonchev–Trinajstić information content (AvgIpc) is 2.58. The summed E-state index contributed by atoms with van der Waals surface area (Å²) >= 11 is 0. The number of carbonyl (C=O) groups is 1. The highest BCUT2D eigenvalue weighted by atomic mass is 16.5. The Morgan fingerprint density at radius 1 is 1.30 bits per heavy atom. The molecule has 0 saturated carbocycles. The lowest BCUT2D eigenvalue weighted by molar-refractivity contribution is -0.121. The Hall–Kier alpha value is -1.79. The third-order valence-corrected chi connectivity index (χ3v) is 3.44. The van der Waals surface area contributed by atoms with Crippen LogP contribution in [-0.4, -0.2) is 45.0 Å². The summed E-state index contributed by atoms with van der Waals surface area (Å²) in [4.78, 5) is 11.8. The van der Waals surface area contributed by atoms with E-state index in [4.69, 9.17) is 14.2 Å². The second-order valence-electron chi connectivity index (χ2n) is 5.06. The van der Waals surface area contributed by atoms with Gasteiger partial charge in [-0.05, 0) is 31.9 Å². The minimum Gasteiger partial charge on any atom is -0.497 e. The molecule has 1 aromatic carbocycles. The molecule has 0 aromatic heterocycles. The van der Waals surface area contributed by atoms with E-state index in [0.717, 1.165) is 6.42 Å². The molecule has 0 heterocycles. The number of benzene rings is 1. The molecule has 6 heteroatoms. The first-order valence-electron chi connectivity index (χ1n) is 7.86. The van der Waals surface area contributed by atoms with Crippen LogP contribution in [0.15, 0.2) is 18.2 Å². The number of carbonyl (C=O) groups excluding carboxylic acids is 1. The van der Waals surface area contributed by atoms with Gasteiger partial charge in [0, 0.05) is 37.8 Å². The van der Waals surface area contributed by atoms with Crippen LogP contribution in [0.3, 0.4) is 0 Å².